The molecule has 1 aromatic rings. The Balaban J connectivity index is 2.50. The fraction of sp³-hybridized carbons (Fsp3) is 0.500. The van der Waals surface area contributed by atoms with Gasteiger partial charge in [-0.3, -0.25) is 0 Å². The van der Waals surface area contributed by atoms with Crippen LogP contribution in [0.15, 0.2) is 24.3 Å². The summed E-state index contributed by atoms with van der Waals surface area (Å²) in [6, 6.07) is 8.53. The van der Waals surface area contributed by atoms with Crippen LogP contribution in [0.4, 0.5) is 0 Å². The summed E-state index contributed by atoms with van der Waals surface area (Å²) in [5.74, 6) is 0. The first-order chi connectivity index (χ1) is 7.03. The van der Waals surface area contributed by atoms with Gasteiger partial charge in [0.15, 0.2) is 8.32 Å². The maximum Gasteiger partial charge on any atom is 0.183 e. The van der Waals surface area contributed by atoms with Crippen molar-refractivity contribution >= 4 is 24.2 Å². The van der Waals surface area contributed by atoms with Gasteiger partial charge in [0.1, 0.15) is 0 Å². The van der Waals surface area contributed by atoms with Crippen molar-refractivity contribution in [2.45, 2.75) is 31.4 Å². The molecular formula is C12H19BrOSi. The smallest absolute Gasteiger partial charge is 0.183 e. The lowest BCUT2D eigenvalue weighted by Crippen LogP contribution is -2.26. The Morgan fingerprint density at radius 1 is 1.13 bits per heavy atom. The molecule has 0 amide bonds. The maximum absolute atomic E-state index is 5.86. The normalized spacial score (nSPS) is 11.7. The van der Waals surface area contributed by atoms with E-state index >= 15 is 0 Å². The van der Waals surface area contributed by atoms with Crippen LogP contribution in [0.1, 0.15) is 11.1 Å². The van der Waals surface area contributed by atoms with E-state index in [9.17, 15) is 0 Å². The van der Waals surface area contributed by atoms with Crippen molar-refractivity contribution in [2.24, 2.45) is 0 Å². The molecular weight excluding hydrogens is 268 g/mol. The number of hydrogen-bond acceptors (Lipinski definition) is 1. The van der Waals surface area contributed by atoms with E-state index in [4.69, 9.17) is 4.43 Å². The summed E-state index contributed by atoms with van der Waals surface area (Å²) in [6.45, 7) is 7.52. The second-order valence-corrected chi connectivity index (χ2v) is 9.69. The summed E-state index contributed by atoms with van der Waals surface area (Å²) >= 11 is 3.51. The standard InChI is InChI=1S/C12H19BrOSi/c1-15(2,3)14-9-8-11-6-4-5-7-12(11)10-13/h4-7H,8-10H2,1-3H3. The summed E-state index contributed by atoms with van der Waals surface area (Å²) in [6.07, 6.45) is 1.02. The lowest BCUT2D eigenvalue weighted by molar-refractivity contribution is 0.315. The van der Waals surface area contributed by atoms with E-state index in [0.29, 0.717) is 0 Å². The van der Waals surface area contributed by atoms with Gasteiger partial charge in [-0.05, 0) is 37.2 Å². The molecule has 0 radical (unpaired) electrons. The lowest BCUT2D eigenvalue weighted by Gasteiger charge is -2.17. The van der Waals surface area contributed by atoms with Crippen LogP contribution in [0.2, 0.25) is 19.6 Å². The van der Waals surface area contributed by atoms with Crippen LogP contribution in [0.3, 0.4) is 0 Å². The fourth-order valence-electron chi connectivity index (χ4n) is 1.40. The number of benzene rings is 1. The highest BCUT2D eigenvalue weighted by Crippen LogP contribution is 2.14. The molecule has 15 heavy (non-hydrogen) atoms. The predicted octanol–water partition coefficient (Wildman–Crippen LogP) is 3.98. The Labute approximate surface area is 102 Å². The van der Waals surface area contributed by atoms with E-state index in [1.54, 1.807) is 0 Å². The van der Waals surface area contributed by atoms with Gasteiger partial charge in [-0.25, -0.2) is 0 Å². The van der Waals surface area contributed by atoms with Crippen LogP contribution in [-0.2, 0) is 16.2 Å². The Kier molecular flexibility index (Phi) is 5.03. The van der Waals surface area contributed by atoms with Crippen LogP contribution in [0.5, 0.6) is 0 Å². The SMILES string of the molecule is C[Si](C)(C)OCCc1ccccc1CBr. The van der Waals surface area contributed by atoms with Gasteiger partial charge in [-0.2, -0.15) is 0 Å². The Bertz CT molecular complexity index is 307. The fourth-order valence-corrected chi connectivity index (χ4v) is 2.66. The molecule has 0 aliphatic rings. The lowest BCUT2D eigenvalue weighted by atomic mass is 10.1. The van der Waals surface area contributed by atoms with Crippen LogP contribution in [-0.4, -0.2) is 14.9 Å². The Morgan fingerprint density at radius 2 is 1.73 bits per heavy atom. The maximum atomic E-state index is 5.86. The molecule has 0 unspecified atom stereocenters. The van der Waals surface area contributed by atoms with E-state index in [1.807, 2.05) is 0 Å². The minimum Gasteiger partial charge on any atom is -0.417 e. The van der Waals surface area contributed by atoms with E-state index < -0.39 is 8.32 Å². The third-order valence-electron chi connectivity index (χ3n) is 2.17. The van der Waals surface area contributed by atoms with E-state index in [1.165, 1.54) is 11.1 Å². The van der Waals surface area contributed by atoms with Crippen molar-refractivity contribution in [3.8, 4) is 0 Å². The molecule has 1 aromatic carbocycles. The molecule has 0 aliphatic heterocycles. The summed E-state index contributed by atoms with van der Waals surface area (Å²) in [5.41, 5.74) is 2.77. The van der Waals surface area contributed by atoms with Crippen molar-refractivity contribution < 1.29 is 4.43 Å². The molecule has 0 atom stereocenters. The van der Waals surface area contributed by atoms with E-state index in [2.05, 4.69) is 59.8 Å². The molecule has 0 aliphatic carbocycles. The molecule has 0 saturated carbocycles. The quantitative estimate of drug-likeness (QED) is 0.588. The molecule has 1 rings (SSSR count). The zero-order valence-corrected chi connectivity index (χ0v) is 12.3. The first-order valence-corrected chi connectivity index (χ1v) is 9.82. The van der Waals surface area contributed by atoms with Crippen molar-refractivity contribution in [3.63, 3.8) is 0 Å². The summed E-state index contributed by atoms with van der Waals surface area (Å²) in [7, 11) is -1.35. The van der Waals surface area contributed by atoms with E-state index in [0.717, 1.165) is 18.4 Å². The number of alkyl halides is 1. The van der Waals surface area contributed by atoms with Gasteiger partial charge in [0.05, 0.1) is 0 Å². The van der Waals surface area contributed by atoms with Crippen LogP contribution in [0.25, 0.3) is 0 Å². The molecule has 0 bridgehead atoms. The van der Waals surface area contributed by atoms with Gasteiger partial charge >= 0.3 is 0 Å². The highest BCUT2D eigenvalue weighted by atomic mass is 79.9. The minimum atomic E-state index is -1.35. The molecule has 0 N–H and O–H groups in total. The molecule has 0 spiro atoms. The largest absolute Gasteiger partial charge is 0.417 e. The summed E-state index contributed by atoms with van der Waals surface area (Å²) in [5, 5.41) is 0.927. The highest BCUT2D eigenvalue weighted by Gasteiger charge is 2.13. The third-order valence-corrected chi connectivity index (χ3v) is 3.84. The first-order valence-electron chi connectivity index (χ1n) is 5.29. The molecule has 0 heterocycles. The van der Waals surface area contributed by atoms with Crippen molar-refractivity contribution in [1.29, 1.82) is 0 Å². The van der Waals surface area contributed by atoms with Gasteiger partial charge in [0.2, 0.25) is 0 Å². The minimum absolute atomic E-state index is 0.847. The number of hydrogen-bond donors (Lipinski definition) is 0. The Morgan fingerprint density at radius 3 is 2.27 bits per heavy atom. The first kappa shape index (κ1) is 12.9. The van der Waals surface area contributed by atoms with Gasteiger partial charge in [0.25, 0.3) is 0 Å². The summed E-state index contributed by atoms with van der Waals surface area (Å²) < 4.78 is 5.86. The van der Waals surface area contributed by atoms with Gasteiger partial charge in [-0.1, -0.05) is 40.2 Å². The van der Waals surface area contributed by atoms with Crippen molar-refractivity contribution in [1.82, 2.24) is 0 Å². The Hall–Kier alpha value is -0.123. The van der Waals surface area contributed by atoms with Crippen molar-refractivity contribution in [3.05, 3.63) is 35.4 Å². The average Bonchev–Trinajstić information content (AvgIpc) is 2.16. The predicted molar refractivity (Wildman–Crippen MR) is 72.1 cm³/mol. The van der Waals surface area contributed by atoms with Crippen LogP contribution >= 0.6 is 15.9 Å². The van der Waals surface area contributed by atoms with Crippen LogP contribution < -0.4 is 0 Å². The second-order valence-electron chi connectivity index (χ2n) is 4.61. The molecule has 84 valence electrons. The number of halogens is 1. The van der Waals surface area contributed by atoms with Crippen molar-refractivity contribution in [2.75, 3.05) is 6.61 Å². The van der Waals surface area contributed by atoms with Gasteiger partial charge in [0, 0.05) is 11.9 Å². The van der Waals surface area contributed by atoms with Gasteiger partial charge in [-0.15, -0.1) is 0 Å². The van der Waals surface area contributed by atoms with E-state index in [-0.39, 0.29) is 0 Å². The zero-order valence-electron chi connectivity index (χ0n) is 9.72. The number of rotatable bonds is 5. The molecule has 0 fully saturated rings. The molecule has 3 heteroatoms. The monoisotopic (exact) mass is 286 g/mol. The zero-order chi connectivity index (χ0) is 11.3. The third kappa shape index (κ3) is 4.95. The molecule has 0 aromatic heterocycles. The second kappa shape index (κ2) is 5.82. The highest BCUT2D eigenvalue weighted by molar-refractivity contribution is 9.08. The van der Waals surface area contributed by atoms with Crippen LogP contribution in [0, 0.1) is 0 Å². The molecule has 0 saturated heterocycles. The average molecular weight is 287 g/mol. The van der Waals surface area contributed by atoms with Gasteiger partial charge < -0.3 is 4.43 Å². The summed E-state index contributed by atoms with van der Waals surface area (Å²) in [4.78, 5) is 0. The molecule has 1 nitrogen and oxygen atoms in total. The topological polar surface area (TPSA) is 9.23 Å².